The molecule has 0 saturated heterocycles. The van der Waals surface area contributed by atoms with E-state index in [0.717, 1.165) is 18.6 Å². The molecule has 7 heteroatoms. The van der Waals surface area contributed by atoms with Gasteiger partial charge in [0.05, 0.1) is 18.4 Å². The minimum atomic E-state index is -4.35. The van der Waals surface area contributed by atoms with E-state index in [-0.39, 0.29) is 12.3 Å². The molecular formula is C21H20F3NO2S. The second kappa shape index (κ2) is 9.10. The smallest absolute Gasteiger partial charge is 0.416 e. The summed E-state index contributed by atoms with van der Waals surface area (Å²) in [7, 11) is 0. The molecule has 0 saturated carbocycles. The van der Waals surface area contributed by atoms with Crippen molar-refractivity contribution < 1.29 is 22.4 Å². The minimum Gasteiger partial charge on any atom is -0.467 e. The fourth-order valence-corrected chi connectivity index (χ4v) is 3.55. The van der Waals surface area contributed by atoms with Crippen molar-refractivity contribution in [3.63, 3.8) is 0 Å². The molecule has 0 unspecified atom stereocenters. The fourth-order valence-electron chi connectivity index (χ4n) is 2.85. The van der Waals surface area contributed by atoms with Crippen LogP contribution < -0.4 is 0 Å². The van der Waals surface area contributed by atoms with Crippen LogP contribution in [0.5, 0.6) is 0 Å². The number of hydrogen-bond donors (Lipinski definition) is 0. The van der Waals surface area contributed by atoms with Crippen LogP contribution in [0.2, 0.25) is 0 Å². The first-order valence-corrected chi connectivity index (χ1v) is 9.78. The fraction of sp³-hybridized carbons (Fsp3) is 0.286. The third-order valence-corrected chi connectivity index (χ3v) is 5.33. The van der Waals surface area contributed by atoms with Crippen molar-refractivity contribution >= 4 is 17.2 Å². The highest BCUT2D eigenvalue weighted by Gasteiger charge is 2.29. The normalized spacial score (nSPS) is 11.5. The Morgan fingerprint density at radius 3 is 2.43 bits per heavy atom. The van der Waals surface area contributed by atoms with Crippen molar-refractivity contribution in [2.45, 2.75) is 32.0 Å². The molecule has 148 valence electrons. The number of furan rings is 1. The third kappa shape index (κ3) is 5.73. The molecule has 0 bridgehead atoms. The lowest BCUT2D eigenvalue weighted by atomic mass is 10.1. The van der Waals surface area contributed by atoms with Crippen LogP contribution in [0.15, 0.2) is 64.6 Å². The standard InChI is InChI=1S/C21H20F3NO2S/c22-21(23,24)17-8-5-16(6-9-17)7-10-20(26)25(15-18-3-1-13-27-18)12-11-19-4-2-14-28-19/h1-6,8-9,13-14H,7,10-12,15H2. The Morgan fingerprint density at radius 1 is 1.04 bits per heavy atom. The van der Waals surface area contributed by atoms with Crippen LogP contribution >= 0.6 is 11.3 Å². The summed E-state index contributed by atoms with van der Waals surface area (Å²) < 4.78 is 43.3. The Morgan fingerprint density at radius 2 is 1.82 bits per heavy atom. The largest absolute Gasteiger partial charge is 0.467 e. The lowest BCUT2D eigenvalue weighted by molar-refractivity contribution is -0.137. The Hall–Kier alpha value is -2.54. The molecule has 2 heterocycles. The van der Waals surface area contributed by atoms with Gasteiger partial charge in [-0.3, -0.25) is 4.79 Å². The zero-order valence-electron chi connectivity index (χ0n) is 15.1. The number of rotatable bonds is 8. The van der Waals surface area contributed by atoms with Crippen LogP contribution in [-0.4, -0.2) is 17.4 Å². The molecule has 0 aliphatic carbocycles. The highest BCUT2D eigenvalue weighted by molar-refractivity contribution is 7.09. The summed E-state index contributed by atoms with van der Waals surface area (Å²) in [5.41, 5.74) is 0.0236. The first-order valence-electron chi connectivity index (χ1n) is 8.90. The molecule has 1 amide bonds. The van der Waals surface area contributed by atoms with Crippen molar-refractivity contribution in [3.8, 4) is 0 Å². The van der Waals surface area contributed by atoms with E-state index in [4.69, 9.17) is 4.42 Å². The molecule has 0 N–H and O–H groups in total. The molecule has 0 spiro atoms. The van der Waals surface area contributed by atoms with Gasteiger partial charge in [0.25, 0.3) is 0 Å². The van der Waals surface area contributed by atoms with Crippen molar-refractivity contribution in [1.82, 2.24) is 4.90 Å². The molecule has 0 radical (unpaired) electrons. The van der Waals surface area contributed by atoms with Gasteiger partial charge in [0.2, 0.25) is 5.91 Å². The van der Waals surface area contributed by atoms with Gasteiger partial charge in [-0.1, -0.05) is 18.2 Å². The summed E-state index contributed by atoms with van der Waals surface area (Å²) in [6, 6.07) is 12.6. The number of thiophene rings is 1. The predicted molar refractivity (Wildman–Crippen MR) is 102 cm³/mol. The van der Waals surface area contributed by atoms with Crippen molar-refractivity contribution in [2.24, 2.45) is 0 Å². The number of nitrogens with zero attached hydrogens (tertiary/aromatic N) is 1. The van der Waals surface area contributed by atoms with Crippen LogP contribution in [-0.2, 0) is 30.4 Å². The molecule has 0 aliphatic heterocycles. The molecular weight excluding hydrogens is 387 g/mol. The minimum absolute atomic E-state index is 0.0483. The van der Waals surface area contributed by atoms with E-state index in [0.29, 0.717) is 30.8 Å². The van der Waals surface area contributed by atoms with Gasteiger partial charge in [-0.2, -0.15) is 13.2 Å². The number of aryl methyl sites for hydroxylation is 1. The quantitative estimate of drug-likeness (QED) is 0.490. The maximum atomic E-state index is 12.7. The number of amides is 1. The monoisotopic (exact) mass is 407 g/mol. The Balaban J connectivity index is 1.59. The zero-order valence-corrected chi connectivity index (χ0v) is 15.9. The van der Waals surface area contributed by atoms with Gasteiger partial charge in [-0.25, -0.2) is 0 Å². The first kappa shape index (κ1) is 20.2. The number of carbonyl (C=O) groups is 1. The molecule has 3 rings (SSSR count). The summed E-state index contributed by atoms with van der Waals surface area (Å²) in [6.07, 6.45) is -1.40. The van der Waals surface area contributed by atoms with Crippen molar-refractivity contribution in [3.05, 3.63) is 81.9 Å². The summed E-state index contributed by atoms with van der Waals surface area (Å²) >= 11 is 1.64. The number of hydrogen-bond acceptors (Lipinski definition) is 3. The highest BCUT2D eigenvalue weighted by atomic mass is 32.1. The van der Waals surface area contributed by atoms with E-state index in [2.05, 4.69) is 0 Å². The van der Waals surface area contributed by atoms with Crippen LogP contribution in [0, 0.1) is 0 Å². The maximum Gasteiger partial charge on any atom is 0.416 e. The molecule has 3 aromatic rings. The van der Waals surface area contributed by atoms with Gasteiger partial charge in [-0.05, 0) is 54.1 Å². The van der Waals surface area contributed by atoms with E-state index in [9.17, 15) is 18.0 Å². The summed E-state index contributed by atoms with van der Waals surface area (Å²) in [6.45, 7) is 0.942. The van der Waals surface area contributed by atoms with Gasteiger partial charge < -0.3 is 9.32 Å². The van der Waals surface area contributed by atoms with Crippen molar-refractivity contribution in [1.29, 1.82) is 0 Å². The van der Waals surface area contributed by atoms with E-state index < -0.39 is 11.7 Å². The van der Waals surface area contributed by atoms with E-state index in [1.165, 1.54) is 17.0 Å². The predicted octanol–water partition coefficient (Wildman–Crippen LogP) is 5.56. The SMILES string of the molecule is O=C(CCc1ccc(C(F)(F)F)cc1)N(CCc1cccs1)Cc1ccco1. The number of alkyl halides is 3. The third-order valence-electron chi connectivity index (χ3n) is 4.40. The van der Waals surface area contributed by atoms with Crippen LogP contribution in [0.3, 0.4) is 0 Å². The van der Waals surface area contributed by atoms with Gasteiger partial charge in [0, 0.05) is 17.8 Å². The molecule has 0 aliphatic rings. The second-order valence-corrected chi connectivity index (χ2v) is 7.45. The molecule has 28 heavy (non-hydrogen) atoms. The Labute approximate surface area is 165 Å². The second-order valence-electron chi connectivity index (χ2n) is 6.42. The average Bonchev–Trinajstić information content (AvgIpc) is 3.36. The lowest BCUT2D eigenvalue weighted by Gasteiger charge is -2.21. The lowest BCUT2D eigenvalue weighted by Crippen LogP contribution is -2.32. The molecule has 0 fully saturated rings. The zero-order chi connectivity index (χ0) is 20.0. The van der Waals surface area contributed by atoms with Gasteiger partial charge in [-0.15, -0.1) is 11.3 Å². The van der Waals surface area contributed by atoms with E-state index >= 15 is 0 Å². The van der Waals surface area contributed by atoms with Crippen LogP contribution in [0.25, 0.3) is 0 Å². The average molecular weight is 407 g/mol. The molecule has 3 nitrogen and oxygen atoms in total. The molecule has 1 aromatic carbocycles. The maximum absolute atomic E-state index is 12.7. The van der Waals surface area contributed by atoms with E-state index in [1.807, 2.05) is 23.6 Å². The van der Waals surface area contributed by atoms with Gasteiger partial charge >= 0.3 is 6.18 Å². The number of carbonyl (C=O) groups excluding carboxylic acids is 1. The van der Waals surface area contributed by atoms with Crippen molar-refractivity contribution in [2.75, 3.05) is 6.54 Å². The van der Waals surface area contributed by atoms with Crippen LogP contribution in [0.1, 0.15) is 28.2 Å². The Kier molecular flexibility index (Phi) is 6.57. The summed E-state index contributed by atoms with van der Waals surface area (Å²) in [5.74, 6) is 0.655. The molecule has 2 aromatic heterocycles. The van der Waals surface area contributed by atoms with Gasteiger partial charge in [0.15, 0.2) is 0 Å². The number of benzene rings is 1. The summed E-state index contributed by atoms with van der Waals surface area (Å²) in [5, 5.41) is 2.00. The first-order chi connectivity index (χ1) is 13.4. The van der Waals surface area contributed by atoms with Gasteiger partial charge in [0.1, 0.15) is 5.76 Å². The summed E-state index contributed by atoms with van der Waals surface area (Å²) in [4.78, 5) is 15.7. The molecule has 0 atom stereocenters. The van der Waals surface area contributed by atoms with Crippen LogP contribution in [0.4, 0.5) is 13.2 Å². The Bertz CT molecular complexity index is 856. The topological polar surface area (TPSA) is 33.5 Å². The highest BCUT2D eigenvalue weighted by Crippen LogP contribution is 2.29. The number of halogens is 3. The van der Waals surface area contributed by atoms with E-state index in [1.54, 1.807) is 28.6 Å².